The van der Waals surface area contributed by atoms with Gasteiger partial charge >= 0.3 is 5.97 Å². The summed E-state index contributed by atoms with van der Waals surface area (Å²) < 4.78 is 4.62. The van der Waals surface area contributed by atoms with Crippen LogP contribution in [0.3, 0.4) is 0 Å². The van der Waals surface area contributed by atoms with Crippen molar-refractivity contribution in [3.8, 4) is 0 Å². The fourth-order valence-electron chi connectivity index (χ4n) is 2.90. The largest absolute Gasteiger partial charge is 0.469 e. The number of hydrogen-bond acceptors (Lipinski definition) is 6. The van der Waals surface area contributed by atoms with Gasteiger partial charge < -0.3 is 15.8 Å². The fraction of sp³-hybridized carbons (Fsp3) is 0.348. The van der Waals surface area contributed by atoms with Gasteiger partial charge in [-0.3, -0.25) is 4.79 Å². The molecule has 7 heteroatoms. The zero-order chi connectivity index (χ0) is 21.8. The molecule has 30 heavy (non-hydrogen) atoms. The predicted octanol–water partition coefficient (Wildman–Crippen LogP) is 5.26. The van der Waals surface area contributed by atoms with Crippen molar-refractivity contribution in [2.75, 3.05) is 20.2 Å². The molecule has 0 aliphatic carbocycles. The Morgan fingerprint density at radius 2 is 2.00 bits per heavy atom. The van der Waals surface area contributed by atoms with E-state index in [4.69, 9.17) is 17.3 Å². The topological polar surface area (TPSA) is 64.3 Å². The highest BCUT2D eigenvalue weighted by atomic mass is 35.5. The van der Waals surface area contributed by atoms with Crippen molar-refractivity contribution in [3.63, 3.8) is 0 Å². The molecule has 1 unspecified atom stereocenters. The Morgan fingerprint density at radius 1 is 1.20 bits per heavy atom. The van der Waals surface area contributed by atoms with Crippen LogP contribution in [0.25, 0.3) is 0 Å². The van der Waals surface area contributed by atoms with Gasteiger partial charge in [0.15, 0.2) is 0 Å². The Kier molecular flexibility index (Phi) is 11.1. The molecule has 3 heterocycles. The van der Waals surface area contributed by atoms with Crippen LogP contribution >= 0.6 is 34.3 Å². The number of hydrogen-bond donors (Lipinski definition) is 2. The summed E-state index contributed by atoms with van der Waals surface area (Å²) in [5.74, 6) is -0.577. The van der Waals surface area contributed by atoms with Crippen molar-refractivity contribution in [1.29, 1.82) is 0 Å². The molecule has 0 saturated heterocycles. The van der Waals surface area contributed by atoms with Gasteiger partial charge in [-0.05, 0) is 66.4 Å². The Labute approximate surface area is 192 Å². The van der Waals surface area contributed by atoms with Crippen molar-refractivity contribution in [2.24, 2.45) is 5.73 Å². The first-order valence-electron chi connectivity index (χ1n) is 9.87. The van der Waals surface area contributed by atoms with E-state index in [9.17, 15) is 4.79 Å². The van der Waals surface area contributed by atoms with E-state index in [0.717, 1.165) is 31.6 Å². The molecule has 1 atom stereocenters. The van der Waals surface area contributed by atoms with E-state index in [1.54, 1.807) is 29.2 Å². The van der Waals surface area contributed by atoms with E-state index in [0.29, 0.717) is 5.02 Å². The lowest BCUT2D eigenvalue weighted by Gasteiger charge is -2.10. The highest BCUT2D eigenvalue weighted by molar-refractivity contribution is 7.10. The third kappa shape index (κ3) is 7.85. The molecule has 3 aromatic rings. The van der Waals surface area contributed by atoms with E-state index < -0.39 is 0 Å². The van der Waals surface area contributed by atoms with E-state index in [1.165, 1.54) is 24.0 Å². The van der Waals surface area contributed by atoms with Crippen LogP contribution in [-0.4, -0.2) is 26.2 Å². The first-order valence-corrected chi connectivity index (χ1v) is 12.0. The maximum atomic E-state index is 11.2. The standard InChI is InChI=1S/C10H11ClO2.C7H9NS.C6H9NS/c1-7(10(12)13-2)8-5-3-4-6-9(8)11;1-3-8-5-6-2-4-9-7(1)6;7-4-3-6-2-1-5-8-6/h3-7H,1-2H3;2,4,8H,1,3,5H2;1-2,5H,3-4,7H2. The maximum absolute atomic E-state index is 11.2. The normalized spacial score (nSPS) is 13.1. The number of nitrogens with one attached hydrogen (secondary N) is 1. The number of ether oxygens (including phenoxy) is 1. The van der Waals surface area contributed by atoms with Gasteiger partial charge in [-0.25, -0.2) is 0 Å². The molecule has 1 aromatic carbocycles. The number of thiophene rings is 2. The fourth-order valence-corrected chi connectivity index (χ4v) is 4.83. The Bertz CT molecular complexity index is 860. The lowest BCUT2D eigenvalue weighted by atomic mass is 10.0. The zero-order valence-electron chi connectivity index (χ0n) is 17.4. The number of nitrogens with two attached hydrogens (primary N) is 1. The van der Waals surface area contributed by atoms with Crippen LogP contribution in [0.5, 0.6) is 0 Å². The van der Waals surface area contributed by atoms with Crippen LogP contribution < -0.4 is 11.1 Å². The van der Waals surface area contributed by atoms with Gasteiger partial charge in [-0.1, -0.05) is 35.9 Å². The molecular formula is C23H29ClN2O2S2. The van der Waals surface area contributed by atoms with Gasteiger partial charge in [-0.2, -0.15) is 0 Å². The highest BCUT2D eigenvalue weighted by Crippen LogP contribution is 2.24. The zero-order valence-corrected chi connectivity index (χ0v) is 19.8. The summed E-state index contributed by atoms with van der Waals surface area (Å²) in [4.78, 5) is 14.1. The Morgan fingerprint density at radius 3 is 2.63 bits per heavy atom. The van der Waals surface area contributed by atoms with Gasteiger partial charge in [0.05, 0.1) is 13.0 Å². The summed E-state index contributed by atoms with van der Waals surface area (Å²) in [6.07, 6.45) is 2.25. The van der Waals surface area contributed by atoms with Gasteiger partial charge in [-0.15, -0.1) is 22.7 Å². The molecule has 1 aliphatic heterocycles. The summed E-state index contributed by atoms with van der Waals surface area (Å²) in [6.45, 7) is 4.78. The summed E-state index contributed by atoms with van der Waals surface area (Å²) >= 11 is 9.57. The predicted molar refractivity (Wildman–Crippen MR) is 129 cm³/mol. The smallest absolute Gasteiger partial charge is 0.312 e. The lowest BCUT2D eigenvalue weighted by molar-refractivity contribution is -0.141. The second kappa shape index (κ2) is 13.6. The average molecular weight is 465 g/mol. The van der Waals surface area contributed by atoms with E-state index in [2.05, 4.69) is 39.0 Å². The van der Waals surface area contributed by atoms with Crippen molar-refractivity contribution >= 4 is 40.2 Å². The first kappa shape index (κ1) is 24.6. The second-order valence-corrected chi connectivity index (χ2v) is 9.12. The summed E-state index contributed by atoms with van der Waals surface area (Å²) in [7, 11) is 1.37. The van der Waals surface area contributed by atoms with Crippen LogP contribution in [0.1, 0.15) is 33.7 Å². The molecule has 162 valence electrons. The van der Waals surface area contributed by atoms with Gasteiger partial charge in [0.2, 0.25) is 0 Å². The molecule has 3 N–H and O–H groups in total. The maximum Gasteiger partial charge on any atom is 0.312 e. The van der Waals surface area contributed by atoms with Crippen molar-refractivity contribution in [1.82, 2.24) is 5.32 Å². The highest BCUT2D eigenvalue weighted by Gasteiger charge is 2.17. The molecule has 1 aliphatic rings. The monoisotopic (exact) mass is 464 g/mol. The average Bonchev–Trinajstić information content (AvgIpc) is 3.46. The Balaban J connectivity index is 0.000000166. The van der Waals surface area contributed by atoms with Crippen LogP contribution in [0.15, 0.2) is 53.2 Å². The molecular weight excluding hydrogens is 436 g/mol. The molecule has 0 amide bonds. The number of rotatable bonds is 4. The summed E-state index contributed by atoms with van der Waals surface area (Å²) in [5.41, 5.74) is 7.63. The van der Waals surface area contributed by atoms with Gasteiger partial charge in [0.25, 0.3) is 0 Å². The van der Waals surface area contributed by atoms with Crippen LogP contribution in [0.4, 0.5) is 0 Å². The third-order valence-corrected chi connectivity index (χ3v) is 6.88. The second-order valence-electron chi connectivity index (χ2n) is 6.68. The first-order chi connectivity index (χ1) is 14.6. The number of halogens is 1. The van der Waals surface area contributed by atoms with E-state index >= 15 is 0 Å². The number of benzene rings is 1. The van der Waals surface area contributed by atoms with Gasteiger partial charge in [0, 0.05) is 27.9 Å². The minimum absolute atomic E-state index is 0.270. The molecule has 4 nitrogen and oxygen atoms in total. The number of methoxy groups -OCH3 is 1. The molecule has 0 radical (unpaired) electrons. The summed E-state index contributed by atoms with van der Waals surface area (Å²) in [5, 5.41) is 8.18. The molecule has 0 fully saturated rings. The number of esters is 1. The minimum Gasteiger partial charge on any atom is -0.469 e. The van der Waals surface area contributed by atoms with Crippen LogP contribution in [-0.2, 0) is 28.9 Å². The van der Waals surface area contributed by atoms with Crippen LogP contribution in [0.2, 0.25) is 5.02 Å². The lowest BCUT2D eigenvalue weighted by Crippen LogP contribution is -2.21. The number of carbonyl (C=O) groups is 1. The molecule has 0 spiro atoms. The third-order valence-electron chi connectivity index (χ3n) is 4.58. The molecule has 0 bridgehead atoms. The minimum atomic E-state index is -0.307. The van der Waals surface area contributed by atoms with Crippen molar-refractivity contribution < 1.29 is 9.53 Å². The molecule has 0 saturated carbocycles. The Hall–Kier alpha value is -1.70. The SMILES string of the molecule is COC(=O)C(C)c1ccccc1Cl.NCCc1cccs1.c1cc2c(s1)CCNC2. The van der Waals surface area contributed by atoms with Crippen molar-refractivity contribution in [3.05, 3.63) is 79.1 Å². The van der Waals surface area contributed by atoms with Crippen LogP contribution in [0, 0.1) is 0 Å². The summed E-state index contributed by atoms with van der Waals surface area (Å²) in [6, 6.07) is 13.6. The quantitative estimate of drug-likeness (QED) is 0.517. The van der Waals surface area contributed by atoms with E-state index in [1.807, 2.05) is 29.5 Å². The van der Waals surface area contributed by atoms with E-state index in [-0.39, 0.29) is 11.9 Å². The van der Waals surface area contributed by atoms with Crippen molar-refractivity contribution in [2.45, 2.75) is 32.2 Å². The number of carbonyl (C=O) groups excluding carboxylic acids is 1. The molecule has 4 rings (SSSR count). The number of fused-ring (bicyclic) bond motifs is 1. The molecule has 2 aromatic heterocycles. The van der Waals surface area contributed by atoms with Gasteiger partial charge in [0.1, 0.15) is 0 Å².